The van der Waals surface area contributed by atoms with E-state index in [0.717, 1.165) is 12.1 Å². The van der Waals surface area contributed by atoms with Crippen LogP contribution in [0.2, 0.25) is 10.0 Å². The molecule has 0 saturated heterocycles. The molecule has 0 bridgehead atoms. The molecule has 0 fully saturated rings. The molecule has 0 unspecified atom stereocenters. The molecule has 0 spiro atoms. The molecule has 3 nitrogen and oxygen atoms in total. The molecule has 2 N–H and O–H groups in total. The molecule has 0 aliphatic carbocycles. The average Bonchev–Trinajstić information content (AvgIpc) is 2.37. The highest BCUT2D eigenvalue weighted by Gasteiger charge is 2.09. The second-order valence-electron chi connectivity index (χ2n) is 3.75. The van der Waals surface area contributed by atoms with E-state index < -0.39 is 17.5 Å². The first-order chi connectivity index (χ1) is 8.97. The van der Waals surface area contributed by atoms with Crippen LogP contribution < -0.4 is 5.32 Å². The number of phenolic OH excluding ortho intramolecular Hbond substituents is 1. The van der Waals surface area contributed by atoms with Crippen LogP contribution >= 0.6 is 23.2 Å². The first kappa shape index (κ1) is 13.6. The third kappa shape index (κ3) is 3.16. The van der Waals surface area contributed by atoms with Gasteiger partial charge in [0.05, 0.1) is 10.0 Å². The highest BCUT2D eigenvalue weighted by molar-refractivity contribution is 6.42. The summed E-state index contributed by atoms with van der Waals surface area (Å²) in [6.07, 6.45) is 0. The molecule has 0 saturated carbocycles. The van der Waals surface area contributed by atoms with Gasteiger partial charge in [0, 0.05) is 17.3 Å². The van der Waals surface area contributed by atoms with E-state index in [9.17, 15) is 9.18 Å². The summed E-state index contributed by atoms with van der Waals surface area (Å²) >= 11 is 11.5. The molecular weight excluding hydrogens is 292 g/mol. The van der Waals surface area contributed by atoms with E-state index in [0.29, 0.717) is 10.6 Å². The fourth-order valence-corrected chi connectivity index (χ4v) is 1.72. The van der Waals surface area contributed by atoms with Crippen molar-refractivity contribution in [1.29, 1.82) is 0 Å². The van der Waals surface area contributed by atoms with E-state index in [2.05, 4.69) is 5.32 Å². The minimum absolute atomic E-state index is 0.228. The Kier molecular flexibility index (Phi) is 3.93. The SMILES string of the molecule is O=C(Nc1ccc(O)c(F)c1)c1ccc(Cl)c(Cl)c1. The molecule has 6 heteroatoms. The summed E-state index contributed by atoms with van der Waals surface area (Å²) in [4.78, 5) is 11.9. The van der Waals surface area contributed by atoms with Crippen molar-refractivity contribution in [2.24, 2.45) is 0 Å². The van der Waals surface area contributed by atoms with Crippen molar-refractivity contribution in [1.82, 2.24) is 0 Å². The van der Waals surface area contributed by atoms with E-state index in [-0.39, 0.29) is 10.7 Å². The lowest BCUT2D eigenvalue weighted by Gasteiger charge is -2.06. The number of rotatable bonds is 2. The number of hydrogen-bond donors (Lipinski definition) is 2. The zero-order chi connectivity index (χ0) is 14.0. The third-order valence-electron chi connectivity index (χ3n) is 2.39. The topological polar surface area (TPSA) is 49.3 Å². The monoisotopic (exact) mass is 299 g/mol. The van der Waals surface area contributed by atoms with Crippen LogP contribution in [0.3, 0.4) is 0 Å². The number of halogens is 3. The second kappa shape index (κ2) is 5.47. The minimum atomic E-state index is -0.813. The Bertz CT molecular complexity index is 647. The summed E-state index contributed by atoms with van der Waals surface area (Å²) in [5.74, 6) is -1.75. The van der Waals surface area contributed by atoms with E-state index in [1.165, 1.54) is 24.3 Å². The van der Waals surface area contributed by atoms with Crippen LogP contribution in [0.25, 0.3) is 0 Å². The van der Waals surface area contributed by atoms with Crippen LogP contribution in [-0.4, -0.2) is 11.0 Å². The highest BCUT2D eigenvalue weighted by Crippen LogP contribution is 2.24. The lowest BCUT2D eigenvalue weighted by atomic mass is 10.2. The Morgan fingerprint density at radius 3 is 2.47 bits per heavy atom. The summed E-state index contributed by atoms with van der Waals surface area (Å²) in [6.45, 7) is 0. The van der Waals surface area contributed by atoms with Gasteiger partial charge in [-0.3, -0.25) is 4.79 Å². The van der Waals surface area contributed by atoms with E-state index in [1.807, 2.05) is 0 Å². The molecule has 0 heterocycles. The predicted octanol–water partition coefficient (Wildman–Crippen LogP) is 4.09. The molecule has 19 heavy (non-hydrogen) atoms. The number of carbonyl (C=O) groups excluding carboxylic acids is 1. The van der Waals surface area contributed by atoms with Gasteiger partial charge in [0.2, 0.25) is 0 Å². The van der Waals surface area contributed by atoms with Gasteiger partial charge in [-0.2, -0.15) is 0 Å². The Morgan fingerprint density at radius 1 is 1.11 bits per heavy atom. The molecule has 0 aliphatic heterocycles. The summed E-state index contributed by atoms with van der Waals surface area (Å²) < 4.78 is 13.1. The summed E-state index contributed by atoms with van der Waals surface area (Å²) in [5.41, 5.74) is 0.522. The molecule has 1 amide bonds. The van der Waals surface area contributed by atoms with E-state index >= 15 is 0 Å². The third-order valence-corrected chi connectivity index (χ3v) is 3.13. The smallest absolute Gasteiger partial charge is 0.255 e. The van der Waals surface area contributed by atoms with Gasteiger partial charge in [-0.05, 0) is 30.3 Å². The Hall–Kier alpha value is -1.78. The van der Waals surface area contributed by atoms with Crippen LogP contribution in [-0.2, 0) is 0 Å². The van der Waals surface area contributed by atoms with Gasteiger partial charge in [-0.1, -0.05) is 23.2 Å². The zero-order valence-electron chi connectivity index (χ0n) is 9.45. The molecule has 2 aromatic rings. The first-order valence-corrected chi connectivity index (χ1v) is 5.98. The lowest BCUT2D eigenvalue weighted by Crippen LogP contribution is -2.11. The van der Waals surface area contributed by atoms with Gasteiger partial charge in [0.25, 0.3) is 5.91 Å². The van der Waals surface area contributed by atoms with Crippen molar-refractivity contribution >= 4 is 34.8 Å². The van der Waals surface area contributed by atoms with Crippen LogP contribution in [0.5, 0.6) is 5.75 Å². The number of carbonyl (C=O) groups is 1. The number of nitrogens with one attached hydrogen (secondary N) is 1. The molecule has 98 valence electrons. The maximum absolute atomic E-state index is 13.1. The highest BCUT2D eigenvalue weighted by atomic mass is 35.5. The molecule has 0 atom stereocenters. The molecule has 2 aromatic carbocycles. The van der Waals surface area contributed by atoms with Crippen molar-refractivity contribution in [3.8, 4) is 5.75 Å². The number of aromatic hydroxyl groups is 1. The number of anilines is 1. The molecular formula is C13H8Cl2FNO2. The molecule has 0 aromatic heterocycles. The van der Waals surface area contributed by atoms with Gasteiger partial charge < -0.3 is 10.4 Å². The summed E-state index contributed by atoms with van der Waals surface area (Å²) in [5, 5.41) is 12.1. The van der Waals surface area contributed by atoms with Gasteiger partial charge in [-0.15, -0.1) is 0 Å². The Morgan fingerprint density at radius 2 is 1.84 bits per heavy atom. The van der Waals surface area contributed by atoms with Crippen molar-refractivity contribution in [2.45, 2.75) is 0 Å². The zero-order valence-corrected chi connectivity index (χ0v) is 11.0. The molecule has 0 aliphatic rings. The predicted molar refractivity (Wildman–Crippen MR) is 72.5 cm³/mol. The minimum Gasteiger partial charge on any atom is -0.505 e. The molecule has 2 rings (SSSR count). The lowest BCUT2D eigenvalue weighted by molar-refractivity contribution is 0.102. The van der Waals surface area contributed by atoms with Gasteiger partial charge in [0.1, 0.15) is 0 Å². The van der Waals surface area contributed by atoms with Crippen LogP contribution in [0, 0.1) is 5.82 Å². The maximum Gasteiger partial charge on any atom is 0.255 e. The summed E-state index contributed by atoms with van der Waals surface area (Å²) in [6, 6.07) is 7.96. The van der Waals surface area contributed by atoms with Crippen LogP contribution in [0.4, 0.5) is 10.1 Å². The van der Waals surface area contributed by atoms with E-state index in [1.54, 1.807) is 0 Å². The average molecular weight is 300 g/mol. The largest absolute Gasteiger partial charge is 0.505 e. The van der Waals surface area contributed by atoms with Gasteiger partial charge in [0.15, 0.2) is 11.6 Å². The Balaban J connectivity index is 2.20. The van der Waals surface area contributed by atoms with Crippen molar-refractivity contribution in [3.05, 3.63) is 57.8 Å². The summed E-state index contributed by atoms with van der Waals surface area (Å²) in [7, 11) is 0. The first-order valence-electron chi connectivity index (χ1n) is 5.22. The molecule has 0 radical (unpaired) electrons. The fourth-order valence-electron chi connectivity index (χ4n) is 1.43. The van der Waals surface area contributed by atoms with Gasteiger partial charge in [-0.25, -0.2) is 4.39 Å². The van der Waals surface area contributed by atoms with Crippen molar-refractivity contribution < 1.29 is 14.3 Å². The normalized spacial score (nSPS) is 10.3. The maximum atomic E-state index is 13.1. The fraction of sp³-hybridized carbons (Fsp3) is 0. The number of phenols is 1. The standard InChI is InChI=1S/C13H8Cl2FNO2/c14-9-3-1-7(5-10(9)15)13(19)17-8-2-4-12(18)11(16)6-8/h1-6,18H,(H,17,19). The van der Waals surface area contributed by atoms with Crippen LogP contribution in [0.15, 0.2) is 36.4 Å². The van der Waals surface area contributed by atoms with Crippen molar-refractivity contribution in [2.75, 3.05) is 5.32 Å². The van der Waals surface area contributed by atoms with Crippen molar-refractivity contribution in [3.63, 3.8) is 0 Å². The second-order valence-corrected chi connectivity index (χ2v) is 4.56. The Labute approximate surface area is 118 Å². The quantitative estimate of drug-likeness (QED) is 0.821. The van der Waals surface area contributed by atoms with E-state index in [4.69, 9.17) is 28.3 Å². The van der Waals surface area contributed by atoms with Crippen LogP contribution in [0.1, 0.15) is 10.4 Å². The number of hydrogen-bond acceptors (Lipinski definition) is 2. The van der Waals surface area contributed by atoms with Gasteiger partial charge >= 0.3 is 0 Å². The number of amides is 1. The number of benzene rings is 2.